The maximum absolute atomic E-state index is 5.16. The van der Waals surface area contributed by atoms with Crippen molar-refractivity contribution in [2.45, 2.75) is 39.7 Å². The highest BCUT2D eigenvalue weighted by Crippen LogP contribution is 2.21. The SMILES string of the molecule is COCCN(c1cc(Br)nc(C(C)C)n1)C(C)C. The molecule has 18 heavy (non-hydrogen) atoms. The third-order valence-corrected chi connectivity index (χ3v) is 3.08. The summed E-state index contributed by atoms with van der Waals surface area (Å²) in [5, 5.41) is 0. The Hall–Kier alpha value is -0.680. The highest BCUT2D eigenvalue weighted by Gasteiger charge is 2.15. The first-order valence-electron chi connectivity index (χ1n) is 6.25. The number of hydrogen-bond acceptors (Lipinski definition) is 4. The molecule has 4 nitrogen and oxygen atoms in total. The molecule has 0 fully saturated rings. The second kappa shape index (κ2) is 7.04. The number of aromatic nitrogens is 2. The van der Waals surface area contributed by atoms with E-state index in [1.807, 2.05) is 6.07 Å². The first kappa shape index (κ1) is 15.4. The molecule has 0 N–H and O–H groups in total. The van der Waals surface area contributed by atoms with Gasteiger partial charge in [0.2, 0.25) is 0 Å². The molecule has 102 valence electrons. The van der Waals surface area contributed by atoms with Crippen LogP contribution in [0.2, 0.25) is 0 Å². The van der Waals surface area contributed by atoms with Crippen molar-refractivity contribution < 1.29 is 4.74 Å². The van der Waals surface area contributed by atoms with Gasteiger partial charge >= 0.3 is 0 Å². The fraction of sp³-hybridized carbons (Fsp3) is 0.692. The Labute approximate surface area is 118 Å². The maximum atomic E-state index is 5.16. The first-order chi connectivity index (χ1) is 8.45. The van der Waals surface area contributed by atoms with E-state index in [2.05, 4.69) is 58.5 Å². The molecule has 0 aliphatic heterocycles. The van der Waals surface area contributed by atoms with Crippen LogP contribution in [0.5, 0.6) is 0 Å². The zero-order valence-electron chi connectivity index (χ0n) is 11.8. The zero-order chi connectivity index (χ0) is 13.7. The van der Waals surface area contributed by atoms with Crippen molar-refractivity contribution in [3.05, 3.63) is 16.5 Å². The van der Waals surface area contributed by atoms with Crippen LogP contribution in [0.3, 0.4) is 0 Å². The molecule has 0 atom stereocenters. The van der Waals surface area contributed by atoms with Gasteiger partial charge in [0.25, 0.3) is 0 Å². The van der Waals surface area contributed by atoms with E-state index in [0.717, 1.165) is 22.8 Å². The number of ether oxygens (including phenoxy) is 1. The molecule has 0 aliphatic rings. The first-order valence-corrected chi connectivity index (χ1v) is 7.05. The van der Waals surface area contributed by atoms with Crippen molar-refractivity contribution in [1.29, 1.82) is 0 Å². The predicted octanol–water partition coefficient (Wildman–Crippen LogP) is 3.22. The number of nitrogens with zero attached hydrogens (tertiary/aromatic N) is 3. The number of rotatable bonds is 6. The van der Waals surface area contributed by atoms with Gasteiger partial charge in [0.15, 0.2) is 0 Å². The Bertz CT molecular complexity index is 382. The summed E-state index contributed by atoms with van der Waals surface area (Å²) in [6.45, 7) is 10.0. The Morgan fingerprint density at radius 1 is 1.28 bits per heavy atom. The van der Waals surface area contributed by atoms with E-state index >= 15 is 0 Å². The standard InChI is InChI=1S/C13H22BrN3O/c1-9(2)13-15-11(14)8-12(16-13)17(10(3)4)6-7-18-5/h8-10H,6-7H2,1-5H3. The van der Waals surface area contributed by atoms with Crippen molar-refractivity contribution in [2.24, 2.45) is 0 Å². The summed E-state index contributed by atoms with van der Waals surface area (Å²) in [7, 11) is 1.72. The molecule has 0 aliphatic carbocycles. The molecule has 1 aromatic rings. The van der Waals surface area contributed by atoms with Crippen LogP contribution in [0.1, 0.15) is 39.4 Å². The summed E-state index contributed by atoms with van der Waals surface area (Å²) in [6.07, 6.45) is 0. The molecule has 1 aromatic heterocycles. The van der Waals surface area contributed by atoms with Crippen molar-refractivity contribution in [2.75, 3.05) is 25.2 Å². The summed E-state index contributed by atoms with van der Waals surface area (Å²) in [6, 6.07) is 2.34. The number of halogens is 1. The van der Waals surface area contributed by atoms with E-state index in [4.69, 9.17) is 4.74 Å². The summed E-state index contributed by atoms with van der Waals surface area (Å²) >= 11 is 3.46. The highest BCUT2D eigenvalue weighted by molar-refractivity contribution is 9.10. The molecule has 0 bridgehead atoms. The Balaban J connectivity index is 3.03. The Morgan fingerprint density at radius 3 is 2.44 bits per heavy atom. The molecule has 0 saturated carbocycles. The zero-order valence-corrected chi connectivity index (χ0v) is 13.4. The lowest BCUT2D eigenvalue weighted by Crippen LogP contribution is -2.34. The lowest BCUT2D eigenvalue weighted by atomic mass is 10.2. The molecule has 0 unspecified atom stereocenters. The molecule has 0 amide bonds. The summed E-state index contributed by atoms with van der Waals surface area (Å²) in [5.41, 5.74) is 0. The molecule has 0 spiro atoms. The average molecular weight is 316 g/mol. The molecule has 0 aromatic carbocycles. The van der Waals surface area contributed by atoms with Crippen LogP contribution in [-0.4, -0.2) is 36.3 Å². The summed E-state index contributed by atoms with van der Waals surface area (Å²) in [4.78, 5) is 11.3. The van der Waals surface area contributed by atoms with E-state index < -0.39 is 0 Å². The van der Waals surface area contributed by atoms with Crippen LogP contribution in [0.25, 0.3) is 0 Å². The van der Waals surface area contributed by atoms with Gasteiger partial charge < -0.3 is 9.64 Å². The Kier molecular flexibility index (Phi) is 6.02. The van der Waals surface area contributed by atoms with Gasteiger partial charge in [0, 0.05) is 31.7 Å². The van der Waals surface area contributed by atoms with Crippen LogP contribution in [0.4, 0.5) is 5.82 Å². The fourth-order valence-electron chi connectivity index (χ4n) is 1.66. The van der Waals surface area contributed by atoms with Crippen molar-refractivity contribution in [3.8, 4) is 0 Å². The van der Waals surface area contributed by atoms with Crippen LogP contribution < -0.4 is 4.90 Å². The fourth-order valence-corrected chi connectivity index (χ4v) is 2.04. The minimum atomic E-state index is 0.317. The second-order valence-corrected chi connectivity index (χ2v) is 5.65. The molecular weight excluding hydrogens is 294 g/mol. The van der Waals surface area contributed by atoms with E-state index in [-0.39, 0.29) is 0 Å². The van der Waals surface area contributed by atoms with Crippen LogP contribution in [0, 0.1) is 0 Å². The normalized spacial score (nSPS) is 11.3. The van der Waals surface area contributed by atoms with Gasteiger partial charge in [-0.25, -0.2) is 9.97 Å². The molecule has 1 heterocycles. The van der Waals surface area contributed by atoms with Crippen molar-refractivity contribution >= 4 is 21.7 Å². The third-order valence-electron chi connectivity index (χ3n) is 2.67. The van der Waals surface area contributed by atoms with Crippen molar-refractivity contribution in [1.82, 2.24) is 9.97 Å². The predicted molar refractivity (Wildman–Crippen MR) is 78.2 cm³/mol. The lowest BCUT2D eigenvalue weighted by Gasteiger charge is -2.28. The molecule has 0 saturated heterocycles. The van der Waals surface area contributed by atoms with Crippen LogP contribution >= 0.6 is 15.9 Å². The maximum Gasteiger partial charge on any atom is 0.134 e. The van der Waals surface area contributed by atoms with Gasteiger partial charge in [-0.05, 0) is 29.8 Å². The van der Waals surface area contributed by atoms with Gasteiger partial charge in [-0.15, -0.1) is 0 Å². The third kappa shape index (κ3) is 4.21. The van der Waals surface area contributed by atoms with Gasteiger partial charge in [0.1, 0.15) is 16.2 Å². The monoisotopic (exact) mass is 315 g/mol. The number of anilines is 1. The molecule has 1 rings (SSSR count). The molecular formula is C13H22BrN3O. The van der Waals surface area contributed by atoms with E-state index in [1.165, 1.54) is 0 Å². The lowest BCUT2D eigenvalue weighted by molar-refractivity contribution is 0.203. The number of methoxy groups -OCH3 is 1. The number of hydrogen-bond donors (Lipinski definition) is 0. The average Bonchev–Trinajstić information content (AvgIpc) is 2.28. The molecule has 0 radical (unpaired) electrons. The van der Waals surface area contributed by atoms with Crippen molar-refractivity contribution in [3.63, 3.8) is 0 Å². The Morgan fingerprint density at radius 2 is 1.94 bits per heavy atom. The topological polar surface area (TPSA) is 38.2 Å². The summed E-state index contributed by atoms with van der Waals surface area (Å²) < 4.78 is 5.99. The van der Waals surface area contributed by atoms with E-state index in [1.54, 1.807) is 7.11 Å². The highest BCUT2D eigenvalue weighted by atomic mass is 79.9. The van der Waals surface area contributed by atoms with E-state index in [9.17, 15) is 0 Å². The summed E-state index contributed by atoms with van der Waals surface area (Å²) in [5.74, 6) is 2.13. The van der Waals surface area contributed by atoms with Gasteiger partial charge in [-0.2, -0.15) is 0 Å². The largest absolute Gasteiger partial charge is 0.383 e. The van der Waals surface area contributed by atoms with Gasteiger partial charge in [-0.1, -0.05) is 13.8 Å². The molecule has 5 heteroatoms. The van der Waals surface area contributed by atoms with Gasteiger partial charge in [0.05, 0.1) is 6.61 Å². The van der Waals surface area contributed by atoms with Gasteiger partial charge in [-0.3, -0.25) is 0 Å². The smallest absolute Gasteiger partial charge is 0.134 e. The quantitative estimate of drug-likeness (QED) is 0.755. The minimum Gasteiger partial charge on any atom is -0.383 e. The van der Waals surface area contributed by atoms with E-state index in [0.29, 0.717) is 18.6 Å². The van der Waals surface area contributed by atoms with Crippen LogP contribution in [0.15, 0.2) is 10.7 Å². The second-order valence-electron chi connectivity index (χ2n) is 4.84. The minimum absolute atomic E-state index is 0.317. The van der Waals surface area contributed by atoms with Crippen LogP contribution in [-0.2, 0) is 4.74 Å².